The maximum absolute atomic E-state index is 5.25. The Hall–Kier alpha value is -1.80. The molecule has 0 aliphatic rings. The third-order valence-corrected chi connectivity index (χ3v) is 3.88. The minimum Gasteiger partial charge on any atom is -0.389 e. The molecule has 28 heavy (non-hydrogen) atoms. The van der Waals surface area contributed by atoms with Crippen LogP contribution in [0.25, 0.3) is 5.57 Å². The van der Waals surface area contributed by atoms with Gasteiger partial charge in [0.25, 0.3) is 0 Å². The zero-order valence-electron chi connectivity index (χ0n) is 20.3. The Morgan fingerprint density at radius 3 is 1.82 bits per heavy atom. The Labute approximate surface area is 177 Å². The molecule has 162 valence electrons. The van der Waals surface area contributed by atoms with Gasteiger partial charge < -0.3 is 11.1 Å². The van der Waals surface area contributed by atoms with Gasteiger partial charge in [-0.05, 0) is 69.7 Å². The number of hydrogen-bond donors (Lipinski definition) is 2. The second-order valence-corrected chi connectivity index (χ2v) is 6.91. The van der Waals surface area contributed by atoms with Crippen molar-refractivity contribution < 1.29 is 0 Å². The van der Waals surface area contributed by atoms with E-state index in [0.29, 0.717) is 5.92 Å². The second-order valence-electron chi connectivity index (χ2n) is 6.91. The van der Waals surface area contributed by atoms with Gasteiger partial charge >= 0.3 is 0 Å². The third kappa shape index (κ3) is 20.5. The van der Waals surface area contributed by atoms with E-state index in [4.69, 9.17) is 5.73 Å². The molecular formula is C26H48N2. The molecule has 0 saturated heterocycles. The van der Waals surface area contributed by atoms with E-state index < -0.39 is 0 Å². The van der Waals surface area contributed by atoms with Gasteiger partial charge in [0, 0.05) is 12.2 Å². The van der Waals surface area contributed by atoms with Crippen molar-refractivity contribution in [1.82, 2.24) is 5.32 Å². The number of rotatable bonds is 7. The van der Waals surface area contributed by atoms with Gasteiger partial charge in [-0.15, -0.1) is 6.58 Å². The number of allylic oxidation sites excluding steroid dienone is 4. The van der Waals surface area contributed by atoms with Crippen LogP contribution in [0.3, 0.4) is 0 Å². The average Bonchev–Trinajstić information content (AvgIpc) is 2.69. The first-order chi connectivity index (χ1) is 13.2. The number of nitrogens with two attached hydrogens (primary N) is 1. The van der Waals surface area contributed by atoms with E-state index in [-0.39, 0.29) is 0 Å². The summed E-state index contributed by atoms with van der Waals surface area (Å²) >= 11 is 0. The van der Waals surface area contributed by atoms with E-state index in [9.17, 15) is 0 Å². The van der Waals surface area contributed by atoms with Crippen molar-refractivity contribution in [2.45, 2.75) is 81.1 Å². The maximum atomic E-state index is 5.25. The molecule has 0 saturated carbocycles. The van der Waals surface area contributed by atoms with Crippen LogP contribution in [0, 0.1) is 0 Å². The zero-order valence-corrected chi connectivity index (χ0v) is 20.3. The topological polar surface area (TPSA) is 38.0 Å². The molecule has 0 aliphatic carbocycles. The molecule has 2 heteroatoms. The van der Waals surface area contributed by atoms with E-state index in [0.717, 1.165) is 31.6 Å². The molecule has 0 fully saturated rings. The summed E-state index contributed by atoms with van der Waals surface area (Å²) in [4.78, 5) is 0. The highest BCUT2D eigenvalue weighted by Crippen LogP contribution is 2.18. The zero-order chi connectivity index (χ0) is 22.5. The first-order valence-corrected chi connectivity index (χ1v) is 10.7. The van der Waals surface area contributed by atoms with Gasteiger partial charge in [0.05, 0.1) is 0 Å². The maximum Gasteiger partial charge on any atom is 0.0155 e. The highest BCUT2D eigenvalue weighted by atomic mass is 14.9. The molecule has 2 nitrogen and oxygen atoms in total. The van der Waals surface area contributed by atoms with Crippen LogP contribution in [0.5, 0.6) is 0 Å². The van der Waals surface area contributed by atoms with E-state index >= 15 is 0 Å². The SMILES string of the molecule is C/C=C(\C)c1ccc(C(C)C)cc1.C=C(C)CC.C=C(C)NCCCN.CC. The Bertz CT molecular complexity index is 522. The third-order valence-electron chi connectivity index (χ3n) is 3.88. The minimum absolute atomic E-state index is 0.625. The van der Waals surface area contributed by atoms with Crippen LogP contribution in [0.2, 0.25) is 0 Å². The van der Waals surface area contributed by atoms with Crippen LogP contribution < -0.4 is 11.1 Å². The smallest absolute Gasteiger partial charge is 0.0155 e. The molecule has 1 rings (SSSR count). The average molecular weight is 389 g/mol. The van der Waals surface area contributed by atoms with E-state index in [2.05, 4.69) is 83.4 Å². The van der Waals surface area contributed by atoms with Crippen molar-refractivity contribution in [1.29, 1.82) is 0 Å². The molecule has 0 aromatic heterocycles. The van der Waals surface area contributed by atoms with Gasteiger partial charge in [-0.1, -0.05) is 77.1 Å². The van der Waals surface area contributed by atoms with Crippen molar-refractivity contribution in [3.63, 3.8) is 0 Å². The largest absolute Gasteiger partial charge is 0.389 e. The Kier molecular flexibility index (Phi) is 23.7. The minimum atomic E-state index is 0.625. The van der Waals surface area contributed by atoms with Crippen molar-refractivity contribution >= 4 is 5.57 Å². The Morgan fingerprint density at radius 2 is 1.54 bits per heavy atom. The normalized spacial score (nSPS) is 9.75. The molecule has 0 radical (unpaired) electrons. The molecule has 0 aliphatic heterocycles. The van der Waals surface area contributed by atoms with Gasteiger partial charge in [0.15, 0.2) is 0 Å². The molecule has 0 heterocycles. The van der Waals surface area contributed by atoms with Crippen LogP contribution in [-0.2, 0) is 0 Å². The molecule has 0 unspecified atom stereocenters. The molecule has 0 amide bonds. The monoisotopic (exact) mass is 388 g/mol. The van der Waals surface area contributed by atoms with Crippen LogP contribution in [-0.4, -0.2) is 13.1 Å². The standard InChI is InChI=1S/C13H18.C6H14N2.C5H10.C2H6/c1-5-11(4)13-8-6-12(7-9-13)10(2)3;1-6(2)8-5-3-4-7;1-4-5(2)3;1-2/h5-10H,1-4H3;8H,1,3-5,7H2,2H3;2,4H2,1,3H3;1-2H3/b11-5+;;;. The van der Waals surface area contributed by atoms with Crippen LogP contribution in [0.1, 0.15) is 92.2 Å². The fourth-order valence-electron chi connectivity index (χ4n) is 1.70. The van der Waals surface area contributed by atoms with E-state index in [1.54, 1.807) is 0 Å². The molecule has 0 spiro atoms. The lowest BCUT2D eigenvalue weighted by Crippen LogP contribution is -2.15. The van der Waals surface area contributed by atoms with Crippen molar-refractivity contribution in [3.8, 4) is 0 Å². The second kappa shape index (κ2) is 21.5. The number of nitrogens with one attached hydrogen (secondary N) is 1. The summed E-state index contributed by atoms with van der Waals surface area (Å²) in [6.07, 6.45) is 4.28. The van der Waals surface area contributed by atoms with Crippen LogP contribution in [0.4, 0.5) is 0 Å². The Balaban J connectivity index is -0.000000357. The highest BCUT2D eigenvalue weighted by molar-refractivity contribution is 5.63. The quantitative estimate of drug-likeness (QED) is 0.371. The number of hydrogen-bond acceptors (Lipinski definition) is 2. The molecule has 0 bridgehead atoms. The summed E-state index contributed by atoms with van der Waals surface area (Å²) in [6.45, 7) is 27.8. The lowest BCUT2D eigenvalue weighted by atomic mass is 9.99. The first kappa shape index (κ1) is 30.9. The van der Waals surface area contributed by atoms with Gasteiger partial charge in [-0.25, -0.2) is 0 Å². The van der Waals surface area contributed by atoms with E-state index in [1.807, 2.05) is 27.7 Å². The number of benzene rings is 1. The van der Waals surface area contributed by atoms with Gasteiger partial charge in [-0.2, -0.15) is 0 Å². The summed E-state index contributed by atoms with van der Waals surface area (Å²) in [5.74, 6) is 0.625. The van der Waals surface area contributed by atoms with Crippen molar-refractivity contribution in [2.24, 2.45) is 5.73 Å². The lowest BCUT2D eigenvalue weighted by Gasteiger charge is -2.06. The molecule has 1 aromatic carbocycles. The molecular weight excluding hydrogens is 340 g/mol. The molecule has 3 N–H and O–H groups in total. The molecule has 1 aromatic rings. The van der Waals surface area contributed by atoms with Crippen molar-refractivity contribution in [2.75, 3.05) is 13.1 Å². The van der Waals surface area contributed by atoms with Crippen LogP contribution in [0.15, 0.2) is 54.8 Å². The van der Waals surface area contributed by atoms with Gasteiger partial charge in [0.2, 0.25) is 0 Å². The summed E-state index contributed by atoms with van der Waals surface area (Å²) in [5, 5.41) is 3.07. The summed E-state index contributed by atoms with van der Waals surface area (Å²) in [6, 6.07) is 8.83. The summed E-state index contributed by atoms with van der Waals surface area (Å²) in [5.41, 5.74) is 11.6. The summed E-state index contributed by atoms with van der Waals surface area (Å²) < 4.78 is 0. The van der Waals surface area contributed by atoms with Crippen LogP contribution >= 0.6 is 0 Å². The predicted molar refractivity (Wildman–Crippen MR) is 133 cm³/mol. The van der Waals surface area contributed by atoms with E-state index in [1.165, 1.54) is 22.3 Å². The summed E-state index contributed by atoms with van der Waals surface area (Å²) in [7, 11) is 0. The fourth-order valence-corrected chi connectivity index (χ4v) is 1.70. The Morgan fingerprint density at radius 1 is 1.07 bits per heavy atom. The fraction of sp³-hybridized carbons (Fsp3) is 0.538. The van der Waals surface area contributed by atoms with Crippen molar-refractivity contribution in [3.05, 3.63) is 65.9 Å². The van der Waals surface area contributed by atoms with Gasteiger partial charge in [0.1, 0.15) is 0 Å². The highest BCUT2D eigenvalue weighted by Gasteiger charge is 1.98. The predicted octanol–water partition coefficient (Wildman–Crippen LogP) is 7.69. The lowest BCUT2D eigenvalue weighted by molar-refractivity contribution is 0.735. The van der Waals surface area contributed by atoms with Gasteiger partial charge in [-0.3, -0.25) is 0 Å². The molecule has 0 atom stereocenters. The first-order valence-electron chi connectivity index (χ1n) is 10.7.